The molecule has 1 unspecified atom stereocenters. The number of hydrogen-bond acceptors (Lipinski definition) is 4. The van der Waals surface area contributed by atoms with Crippen molar-refractivity contribution in [3.63, 3.8) is 0 Å². The Balaban J connectivity index is 1.98. The van der Waals surface area contributed by atoms with Gasteiger partial charge in [-0.15, -0.1) is 0 Å². The van der Waals surface area contributed by atoms with Crippen molar-refractivity contribution >= 4 is 11.7 Å². The summed E-state index contributed by atoms with van der Waals surface area (Å²) in [5.41, 5.74) is 2.34. The molecule has 2 rings (SSSR count). The van der Waals surface area contributed by atoms with Crippen molar-refractivity contribution in [1.29, 1.82) is 0 Å². The molecule has 0 saturated carbocycles. The number of carbonyl (C=O) groups is 1. The van der Waals surface area contributed by atoms with Gasteiger partial charge in [0.05, 0.1) is 5.69 Å². The second-order valence-corrected chi connectivity index (χ2v) is 5.69. The first-order valence-electron chi connectivity index (χ1n) is 7.69. The maximum atomic E-state index is 11.9. The second-order valence-electron chi connectivity index (χ2n) is 5.69. The lowest BCUT2D eigenvalue weighted by Crippen LogP contribution is -2.32. The highest BCUT2D eigenvalue weighted by atomic mass is 16.4. The second kappa shape index (κ2) is 7.78. The summed E-state index contributed by atoms with van der Waals surface area (Å²) in [6, 6.07) is 7.09. The monoisotopic (exact) mass is 317 g/mol. The molecule has 0 saturated heterocycles. The number of carbonyl (C=O) groups excluding carboxylic acids is 1. The number of urea groups is 1. The van der Waals surface area contributed by atoms with Crippen molar-refractivity contribution in [2.24, 2.45) is 5.92 Å². The normalized spacial score (nSPS) is 12.0. The van der Waals surface area contributed by atoms with Crippen LogP contribution >= 0.6 is 0 Å². The Kier molecular flexibility index (Phi) is 5.76. The van der Waals surface area contributed by atoms with Crippen LogP contribution in [0.25, 0.3) is 11.5 Å². The third-order valence-electron chi connectivity index (χ3n) is 3.63. The molecule has 2 aromatic rings. The Hall–Kier alpha value is -2.34. The van der Waals surface area contributed by atoms with Gasteiger partial charge in [0.2, 0.25) is 5.89 Å². The molecule has 0 aliphatic heterocycles. The molecule has 23 heavy (non-hydrogen) atoms. The van der Waals surface area contributed by atoms with Crippen LogP contribution < -0.4 is 10.6 Å². The SMILES string of the molecule is Cc1nc(-c2cccc(NC(=O)NCC(C)CCO)c2)oc1C. The van der Waals surface area contributed by atoms with E-state index >= 15 is 0 Å². The molecule has 0 bridgehead atoms. The first-order valence-corrected chi connectivity index (χ1v) is 7.69. The van der Waals surface area contributed by atoms with Crippen LogP contribution in [0.2, 0.25) is 0 Å². The lowest BCUT2D eigenvalue weighted by atomic mass is 10.1. The zero-order valence-electron chi connectivity index (χ0n) is 13.7. The average molecular weight is 317 g/mol. The molecule has 0 radical (unpaired) electrons. The minimum Gasteiger partial charge on any atom is -0.441 e. The van der Waals surface area contributed by atoms with Gasteiger partial charge in [0, 0.05) is 24.4 Å². The number of rotatable bonds is 6. The molecule has 6 nitrogen and oxygen atoms in total. The molecule has 0 aliphatic carbocycles. The topological polar surface area (TPSA) is 87.4 Å². The molecule has 1 atom stereocenters. The van der Waals surface area contributed by atoms with Crippen LogP contribution in [0.1, 0.15) is 24.8 Å². The molecule has 0 fully saturated rings. The fourth-order valence-corrected chi connectivity index (χ4v) is 2.09. The molecule has 1 aromatic carbocycles. The number of nitrogens with one attached hydrogen (secondary N) is 2. The number of anilines is 1. The van der Waals surface area contributed by atoms with Crippen molar-refractivity contribution in [3.05, 3.63) is 35.7 Å². The van der Waals surface area contributed by atoms with Crippen molar-refractivity contribution in [3.8, 4) is 11.5 Å². The lowest BCUT2D eigenvalue weighted by Gasteiger charge is -2.12. The van der Waals surface area contributed by atoms with E-state index in [0.29, 0.717) is 24.5 Å². The van der Waals surface area contributed by atoms with E-state index in [0.717, 1.165) is 17.0 Å². The predicted molar refractivity (Wildman–Crippen MR) is 89.3 cm³/mol. The van der Waals surface area contributed by atoms with E-state index in [2.05, 4.69) is 15.6 Å². The van der Waals surface area contributed by atoms with Crippen LogP contribution in [0.4, 0.5) is 10.5 Å². The zero-order chi connectivity index (χ0) is 16.8. The Labute approximate surface area is 135 Å². The van der Waals surface area contributed by atoms with E-state index in [9.17, 15) is 4.79 Å². The molecule has 124 valence electrons. The van der Waals surface area contributed by atoms with Gasteiger partial charge in [0.25, 0.3) is 0 Å². The fraction of sp³-hybridized carbons (Fsp3) is 0.412. The van der Waals surface area contributed by atoms with Gasteiger partial charge in [-0.25, -0.2) is 9.78 Å². The zero-order valence-corrected chi connectivity index (χ0v) is 13.7. The lowest BCUT2D eigenvalue weighted by molar-refractivity contribution is 0.243. The van der Waals surface area contributed by atoms with Crippen LogP contribution in [-0.2, 0) is 0 Å². The molecular weight excluding hydrogens is 294 g/mol. The Morgan fingerprint density at radius 1 is 1.39 bits per heavy atom. The van der Waals surface area contributed by atoms with E-state index in [1.807, 2.05) is 45.0 Å². The summed E-state index contributed by atoms with van der Waals surface area (Å²) in [6.45, 7) is 6.39. The Morgan fingerprint density at radius 3 is 2.83 bits per heavy atom. The highest BCUT2D eigenvalue weighted by Gasteiger charge is 2.10. The molecule has 1 aromatic heterocycles. The Morgan fingerprint density at radius 2 is 2.17 bits per heavy atom. The molecule has 2 amide bonds. The van der Waals surface area contributed by atoms with E-state index in [1.54, 1.807) is 0 Å². The van der Waals surface area contributed by atoms with Gasteiger partial charge in [0.15, 0.2) is 0 Å². The number of oxazole rings is 1. The van der Waals surface area contributed by atoms with Gasteiger partial charge in [0.1, 0.15) is 5.76 Å². The number of benzene rings is 1. The largest absolute Gasteiger partial charge is 0.441 e. The average Bonchev–Trinajstić information content (AvgIpc) is 2.85. The highest BCUT2D eigenvalue weighted by Crippen LogP contribution is 2.23. The predicted octanol–water partition coefficient (Wildman–Crippen LogP) is 3.10. The number of aryl methyl sites for hydroxylation is 2. The number of aromatic nitrogens is 1. The number of nitrogens with zero attached hydrogens (tertiary/aromatic N) is 1. The molecule has 6 heteroatoms. The summed E-state index contributed by atoms with van der Waals surface area (Å²) < 4.78 is 5.60. The van der Waals surface area contributed by atoms with Crippen molar-refractivity contribution in [1.82, 2.24) is 10.3 Å². The molecule has 0 spiro atoms. The van der Waals surface area contributed by atoms with Crippen LogP contribution in [0.5, 0.6) is 0 Å². The van der Waals surface area contributed by atoms with E-state index < -0.39 is 0 Å². The fourth-order valence-electron chi connectivity index (χ4n) is 2.09. The minimum atomic E-state index is -0.272. The summed E-state index contributed by atoms with van der Waals surface area (Å²) in [5, 5.41) is 14.4. The molecule has 3 N–H and O–H groups in total. The summed E-state index contributed by atoms with van der Waals surface area (Å²) in [4.78, 5) is 16.3. The molecular formula is C17H23N3O3. The molecule has 0 aliphatic rings. The maximum absolute atomic E-state index is 11.9. The third kappa shape index (κ3) is 4.82. The number of aliphatic hydroxyl groups excluding tert-OH is 1. The standard InChI is InChI=1S/C17H23N3O3/c1-11(7-8-21)10-18-17(22)20-15-6-4-5-14(9-15)16-19-12(2)13(3)23-16/h4-6,9,11,21H,7-8,10H2,1-3H3,(H2,18,20,22). The van der Waals surface area contributed by atoms with Gasteiger partial charge >= 0.3 is 6.03 Å². The summed E-state index contributed by atoms with van der Waals surface area (Å²) >= 11 is 0. The van der Waals surface area contributed by atoms with Gasteiger partial charge in [-0.1, -0.05) is 13.0 Å². The smallest absolute Gasteiger partial charge is 0.319 e. The summed E-state index contributed by atoms with van der Waals surface area (Å²) in [7, 11) is 0. The van der Waals surface area contributed by atoms with Gasteiger partial charge in [-0.05, 0) is 44.4 Å². The van der Waals surface area contributed by atoms with E-state index in [4.69, 9.17) is 9.52 Å². The van der Waals surface area contributed by atoms with Gasteiger partial charge in [-0.3, -0.25) is 0 Å². The van der Waals surface area contributed by atoms with Gasteiger partial charge in [-0.2, -0.15) is 0 Å². The van der Waals surface area contributed by atoms with Crippen molar-refractivity contribution < 1.29 is 14.3 Å². The minimum absolute atomic E-state index is 0.126. The highest BCUT2D eigenvalue weighted by molar-refractivity contribution is 5.89. The van der Waals surface area contributed by atoms with Crippen molar-refractivity contribution in [2.75, 3.05) is 18.5 Å². The Bertz CT molecular complexity index is 647. The first kappa shape index (κ1) is 17.0. The van der Waals surface area contributed by atoms with Crippen LogP contribution in [0, 0.1) is 19.8 Å². The first-order chi connectivity index (χ1) is 11.0. The summed E-state index contributed by atoms with van der Waals surface area (Å²) in [5.74, 6) is 1.56. The van der Waals surface area contributed by atoms with Crippen molar-refractivity contribution in [2.45, 2.75) is 27.2 Å². The number of hydrogen-bond donors (Lipinski definition) is 3. The van der Waals surface area contributed by atoms with Crippen LogP contribution in [0.3, 0.4) is 0 Å². The summed E-state index contributed by atoms with van der Waals surface area (Å²) in [6.07, 6.45) is 0.665. The molecule has 1 heterocycles. The van der Waals surface area contributed by atoms with E-state index in [1.165, 1.54) is 0 Å². The quantitative estimate of drug-likeness (QED) is 0.764. The van der Waals surface area contributed by atoms with Gasteiger partial charge < -0.3 is 20.2 Å². The van der Waals surface area contributed by atoms with Crippen LogP contribution in [0.15, 0.2) is 28.7 Å². The number of amides is 2. The van der Waals surface area contributed by atoms with E-state index in [-0.39, 0.29) is 18.6 Å². The third-order valence-corrected chi connectivity index (χ3v) is 3.63. The van der Waals surface area contributed by atoms with Crippen LogP contribution in [-0.4, -0.2) is 29.3 Å². The number of aliphatic hydroxyl groups is 1. The maximum Gasteiger partial charge on any atom is 0.319 e.